The standard InChI is InChI=1S/C14H24N2O8.C10H12O3/c17-11(18)1-5-15(6-2-12(19)20)9-10-16(7-3-13(21)22)8-4-14(23)24;1-6-4-8(10(11)12)5-7(2)9(6)13-3/h1-10H2,(H,17,18)(H,19,20)(H,21,22)(H,23,24);4-5H,1-3H3,(H,11,12). The van der Waals surface area contributed by atoms with Gasteiger partial charge in [-0.3, -0.25) is 19.2 Å². The molecule has 0 aliphatic carbocycles. The van der Waals surface area contributed by atoms with Gasteiger partial charge in [0.25, 0.3) is 0 Å². The number of aliphatic carboxylic acids is 4. The highest BCUT2D eigenvalue weighted by molar-refractivity contribution is 5.88. The molecule has 0 heterocycles. The fourth-order valence-electron chi connectivity index (χ4n) is 3.36. The van der Waals surface area contributed by atoms with Gasteiger partial charge in [-0.2, -0.15) is 0 Å². The molecule has 0 aliphatic rings. The van der Waals surface area contributed by atoms with Crippen LogP contribution in [-0.4, -0.2) is 112 Å². The van der Waals surface area contributed by atoms with Gasteiger partial charge in [-0.25, -0.2) is 4.79 Å². The number of ether oxygens (including phenoxy) is 1. The number of aromatic carboxylic acids is 1. The smallest absolute Gasteiger partial charge is 0.335 e. The summed E-state index contributed by atoms with van der Waals surface area (Å²) in [4.78, 5) is 56.6. The van der Waals surface area contributed by atoms with Crippen LogP contribution in [0.2, 0.25) is 0 Å². The molecule has 0 radical (unpaired) electrons. The molecule has 1 rings (SSSR count). The van der Waals surface area contributed by atoms with Crippen LogP contribution in [0.15, 0.2) is 12.1 Å². The normalized spacial score (nSPS) is 10.5. The van der Waals surface area contributed by atoms with Crippen molar-refractivity contribution in [2.24, 2.45) is 0 Å². The van der Waals surface area contributed by atoms with Gasteiger partial charge in [-0.1, -0.05) is 0 Å². The van der Waals surface area contributed by atoms with Crippen molar-refractivity contribution in [3.63, 3.8) is 0 Å². The molecular formula is C24H36N2O11. The first-order chi connectivity index (χ1) is 17.3. The molecule has 1 aromatic carbocycles. The Hall–Kier alpha value is -3.71. The number of carboxylic acids is 5. The molecule has 13 heteroatoms. The summed E-state index contributed by atoms with van der Waals surface area (Å²) in [7, 11) is 1.58. The first-order valence-corrected chi connectivity index (χ1v) is 11.5. The van der Waals surface area contributed by atoms with Crippen LogP contribution in [0.1, 0.15) is 47.2 Å². The van der Waals surface area contributed by atoms with E-state index < -0.39 is 29.8 Å². The van der Waals surface area contributed by atoms with Crippen molar-refractivity contribution in [3.8, 4) is 5.75 Å². The minimum absolute atomic E-state index is 0.135. The monoisotopic (exact) mass is 528 g/mol. The van der Waals surface area contributed by atoms with E-state index in [9.17, 15) is 24.0 Å². The maximum atomic E-state index is 10.7. The Balaban J connectivity index is 0.000000832. The lowest BCUT2D eigenvalue weighted by molar-refractivity contribution is -0.139. The van der Waals surface area contributed by atoms with Gasteiger partial charge < -0.3 is 40.1 Å². The fourth-order valence-corrected chi connectivity index (χ4v) is 3.36. The molecule has 0 atom stereocenters. The number of nitrogens with zero attached hydrogens (tertiary/aromatic N) is 2. The molecule has 0 saturated heterocycles. The van der Waals surface area contributed by atoms with Crippen LogP contribution < -0.4 is 4.74 Å². The van der Waals surface area contributed by atoms with Crippen LogP contribution in [0.5, 0.6) is 5.75 Å². The average Bonchev–Trinajstić information content (AvgIpc) is 2.79. The van der Waals surface area contributed by atoms with Gasteiger partial charge in [0.05, 0.1) is 38.4 Å². The zero-order valence-corrected chi connectivity index (χ0v) is 21.3. The lowest BCUT2D eigenvalue weighted by Crippen LogP contribution is -2.39. The Morgan fingerprint density at radius 3 is 1.14 bits per heavy atom. The predicted molar refractivity (Wildman–Crippen MR) is 131 cm³/mol. The number of aryl methyl sites for hydroxylation is 2. The van der Waals surface area contributed by atoms with Gasteiger partial charge in [-0.15, -0.1) is 0 Å². The number of hydrogen-bond acceptors (Lipinski definition) is 8. The van der Waals surface area contributed by atoms with Crippen molar-refractivity contribution in [1.82, 2.24) is 9.80 Å². The SMILES string of the molecule is COc1c(C)cc(C(=O)O)cc1C.O=C(O)CCN(CCC(=O)O)CCN(CCC(=O)O)CCC(=O)O. The molecule has 0 saturated carbocycles. The highest BCUT2D eigenvalue weighted by atomic mass is 16.5. The van der Waals surface area contributed by atoms with Gasteiger partial charge in [0.2, 0.25) is 0 Å². The molecule has 0 aliphatic heterocycles. The summed E-state index contributed by atoms with van der Waals surface area (Å²) in [6.45, 7) is 5.03. The Labute approximate surface area is 214 Å². The Morgan fingerprint density at radius 1 is 0.622 bits per heavy atom. The highest BCUT2D eigenvalue weighted by Gasteiger charge is 2.14. The van der Waals surface area contributed by atoms with E-state index in [4.69, 9.17) is 30.3 Å². The van der Waals surface area contributed by atoms with Crippen LogP contribution in [-0.2, 0) is 19.2 Å². The van der Waals surface area contributed by atoms with Crippen LogP contribution in [0.25, 0.3) is 0 Å². The molecule has 0 unspecified atom stereocenters. The van der Waals surface area contributed by atoms with Gasteiger partial charge in [0.15, 0.2) is 0 Å². The Morgan fingerprint density at radius 2 is 0.919 bits per heavy atom. The molecule has 37 heavy (non-hydrogen) atoms. The fraction of sp³-hybridized carbons (Fsp3) is 0.542. The summed E-state index contributed by atoms with van der Waals surface area (Å²) >= 11 is 0. The molecule has 5 N–H and O–H groups in total. The topological polar surface area (TPSA) is 202 Å². The summed E-state index contributed by atoms with van der Waals surface area (Å²) in [5.74, 6) is -4.14. The Kier molecular flexibility index (Phi) is 15.9. The van der Waals surface area contributed by atoms with Gasteiger partial charge in [0.1, 0.15) is 5.75 Å². The molecule has 0 bridgehead atoms. The van der Waals surface area contributed by atoms with E-state index in [0.717, 1.165) is 16.9 Å². The quantitative estimate of drug-likeness (QED) is 0.195. The van der Waals surface area contributed by atoms with Crippen molar-refractivity contribution in [3.05, 3.63) is 28.8 Å². The van der Waals surface area contributed by atoms with Gasteiger partial charge >= 0.3 is 29.8 Å². The summed E-state index contributed by atoms with van der Waals surface area (Å²) in [6, 6.07) is 3.21. The predicted octanol–water partition coefficient (Wildman–Crippen LogP) is 1.50. The highest BCUT2D eigenvalue weighted by Crippen LogP contribution is 2.24. The number of benzene rings is 1. The lowest BCUT2D eigenvalue weighted by Gasteiger charge is -2.26. The molecule has 0 aromatic heterocycles. The van der Waals surface area contributed by atoms with E-state index >= 15 is 0 Å². The van der Waals surface area contributed by atoms with Crippen molar-refractivity contribution < 1.29 is 54.2 Å². The Bertz CT molecular complexity index is 834. The van der Waals surface area contributed by atoms with E-state index in [1.807, 2.05) is 13.8 Å². The number of methoxy groups -OCH3 is 1. The summed E-state index contributed by atoms with van der Waals surface area (Å²) in [5, 5.41) is 43.7. The molecule has 0 fully saturated rings. The third-order valence-electron chi connectivity index (χ3n) is 5.21. The number of carboxylic acid groups (broad SMARTS) is 5. The first kappa shape index (κ1) is 33.3. The molecular weight excluding hydrogens is 492 g/mol. The molecule has 0 spiro atoms. The van der Waals surface area contributed by atoms with Crippen molar-refractivity contribution >= 4 is 29.8 Å². The van der Waals surface area contributed by atoms with E-state index in [2.05, 4.69) is 0 Å². The van der Waals surface area contributed by atoms with E-state index in [1.165, 1.54) is 0 Å². The second kappa shape index (κ2) is 17.7. The third-order valence-corrected chi connectivity index (χ3v) is 5.21. The largest absolute Gasteiger partial charge is 0.496 e. The average molecular weight is 529 g/mol. The minimum atomic E-state index is -0.996. The van der Waals surface area contributed by atoms with Crippen LogP contribution in [0.3, 0.4) is 0 Å². The molecule has 208 valence electrons. The van der Waals surface area contributed by atoms with Crippen molar-refractivity contribution in [1.29, 1.82) is 0 Å². The van der Waals surface area contributed by atoms with Crippen LogP contribution >= 0.6 is 0 Å². The van der Waals surface area contributed by atoms with Crippen LogP contribution in [0, 0.1) is 13.8 Å². The zero-order chi connectivity index (χ0) is 28.5. The van der Waals surface area contributed by atoms with Gasteiger partial charge in [0, 0.05) is 39.3 Å². The maximum absolute atomic E-state index is 10.7. The first-order valence-electron chi connectivity index (χ1n) is 11.5. The van der Waals surface area contributed by atoms with E-state index in [-0.39, 0.29) is 51.9 Å². The summed E-state index contributed by atoms with van der Waals surface area (Å²) in [5.41, 5.74) is 2.00. The van der Waals surface area contributed by atoms with Gasteiger partial charge in [-0.05, 0) is 37.1 Å². The van der Waals surface area contributed by atoms with Crippen molar-refractivity contribution in [2.75, 3.05) is 46.4 Å². The zero-order valence-electron chi connectivity index (χ0n) is 21.3. The third kappa shape index (κ3) is 15.8. The number of rotatable bonds is 17. The summed E-state index contributed by atoms with van der Waals surface area (Å²) in [6.07, 6.45) is -0.540. The van der Waals surface area contributed by atoms with E-state index in [0.29, 0.717) is 18.7 Å². The summed E-state index contributed by atoms with van der Waals surface area (Å²) < 4.78 is 5.12. The van der Waals surface area contributed by atoms with Crippen molar-refractivity contribution in [2.45, 2.75) is 39.5 Å². The molecule has 1 aromatic rings. The lowest BCUT2D eigenvalue weighted by atomic mass is 10.1. The molecule has 0 amide bonds. The number of hydrogen-bond donors (Lipinski definition) is 5. The second-order valence-electron chi connectivity index (χ2n) is 8.21. The molecule has 13 nitrogen and oxygen atoms in total. The van der Waals surface area contributed by atoms with Crippen LogP contribution in [0.4, 0.5) is 0 Å². The minimum Gasteiger partial charge on any atom is -0.496 e. The second-order valence-corrected chi connectivity index (χ2v) is 8.21. The maximum Gasteiger partial charge on any atom is 0.335 e. The van der Waals surface area contributed by atoms with E-state index in [1.54, 1.807) is 29.0 Å². The number of carbonyl (C=O) groups is 5.